The van der Waals surface area contributed by atoms with Crippen molar-refractivity contribution < 1.29 is 9.53 Å². The second kappa shape index (κ2) is 5.22. The van der Waals surface area contributed by atoms with Gasteiger partial charge in [-0.1, -0.05) is 6.08 Å². The predicted octanol–water partition coefficient (Wildman–Crippen LogP) is 4.05. The summed E-state index contributed by atoms with van der Waals surface area (Å²) in [7, 11) is 1.59. The fraction of sp³-hybridized carbons (Fsp3) is 0.579. The molecule has 0 aromatic carbocycles. The molecule has 22 heavy (non-hydrogen) atoms. The quantitative estimate of drug-likeness (QED) is 0.622. The molecule has 1 aromatic rings. The molecule has 0 unspecified atom stereocenters. The summed E-state index contributed by atoms with van der Waals surface area (Å²) in [6, 6.07) is 1.74. The van der Waals surface area contributed by atoms with E-state index in [1.165, 1.54) is 38.5 Å². The van der Waals surface area contributed by atoms with Crippen LogP contribution in [0.25, 0.3) is 0 Å². The molecule has 0 N–H and O–H groups in total. The predicted molar refractivity (Wildman–Crippen MR) is 84.9 cm³/mol. The van der Waals surface area contributed by atoms with Gasteiger partial charge in [-0.3, -0.25) is 9.78 Å². The zero-order valence-electron chi connectivity index (χ0n) is 13.1. The van der Waals surface area contributed by atoms with Crippen molar-refractivity contribution in [2.75, 3.05) is 7.11 Å². The number of hydrogen-bond donors (Lipinski definition) is 0. The fourth-order valence-corrected chi connectivity index (χ4v) is 5.47. The Bertz CT molecular complexity index is 584. The van der Waals surface area contributed by atoms with Crippen LogP contribution in [0.2, 0.25) is 0 Å². The Morgan fingerprint density at radius 2 is 1.86 bits per heavy atom. The summed E-state index contributed by atoms with van der Waals surface area (Å²) in [5.74, 6) is 3.33. The van der Waals surface area contributed by atoms with E-state index in [0.29, 0.717) is 16.7 Å². The van der Waals surface area contributed by atoms with Gasteiger partial charge in [-0.15, -0.1) is 0 Å². The zero-order chi connectivity index (χ0) is 15.2. The van der Waals surface area contributed by atoms with Crippen LogP contribution in [0.1, 0.15) is 48.9 Å². The van der Waals surface area contributed by atoms with Gasteiger partial charge in [0.1, 0.15) is 5.75 Å². The Morgan fingerprint density at radius 1 is 1.23 bits per heavy atom. The van der Waals surface area contributed by atoms with Crippen LogP contribution in [0, 0.1) is 23.2 Å². The molecule has 1 aromatic heterocycles. The molecule has 4 fully saturated rings. The third-order valence-electron chi connectivity index (χ3n) is 5.94. The molecule has 0 radical (unpaired) electrons. The number of pyridine rings is 1. The molecule has 116 valence electrons. The van der Waals surface area contributed by atoms with Crippen molar-refractivity contribution in [3.8, 4) is 5.75 Å². The zero-order valence-corrected chi connectivity index (χ0v) is 13.1. The minimum Gasteiger partial charge on any atom is -0.496 e. The Kier molecular flexibility index (Phi) is 3.32. The molecule has 3 heteroatoms. The van der Waals surface area contributed by atoms with Gasteiger partial charge in [-0.2, -0.15) is 0 Å². The van der Waals surface area contributed by atoms with E-state index < -0.39 is 0 Å². The standard InChI is InChI=1S/C19H23NO2/c1-22-18-3-5-20-12-16(18)17(21)2-4-19-9-13-6-14(10-19)8-15(7-13)11-19/h2-5,12-15H,6-11H2,1H3. The molecule has 0 spiro atoms. The number of aromatic nitrogens is 1. The number of allylic oxidation sites excluding steroid dienone is 2. The van der Waals surface area contributed by atoms with Gasteiger partial charge in [0.25, 0.3) is 0 Å². The number of rotatable bonds is 4. The molecule has 4 bridgehead atoms. The molecular weight excluding hydrogens is 274 g/mol. The Balaban J connectivity index is 1.55. The van der Waals surface area contributed by atoms with Crippen molar-refractivity contribution in [2.24, 2.45) is 23.2 Å². The van der Waals surface area contributed by atoms with E-state index in [-0.39, 0.29) is 5.78 Å². The topological polar surface area (TPSA) is 39.2 Å². The first kappa shape index (κ1) is 14.0. The molecule has 0 saturated heterocycles. The third kappa shape index (κ3) is 2.37. The van der Waals surface area contributed by atoms with Gasteiger partial charge in [-0.05, 0) is 73.8 Å². The van der Waals surface area contributed by atoms with Crippen LogP contribution in [-0.4, -0.2) is 17.9 Å². The van der Waals surface area contributed by atoms with Gasteiger partial charge in [0.2, 0.25) is 0 Å². The molecule has 5 rings (SSSR count). The average molecular weight is 297 g/mol. The highest BCUT2D eigenvalue weighted by atomic mass is 16.5. The summed E-state index contributed by atoms with van der Waals surface area (Å²) in [5, 5.41) is 0. The van der Waals surface area contributed by atoms with Crippen LogP contribution in [0.5, 0.6) is 5.75 Å². The van der Waals surface area contributed by atoms with Gasteiger partial charge in [0, 0.05) is 12.4 Å². The molecule has 4 aliphatic carbocycles. The van der Waals surface area contributed by atoms with Crippen molar-refractivity contribution in [3.63, 3.8) is 0 Å². The smallest absolute Gasteiger partial charge is 0.190 e. The van der Waals surface area contributed by atoms with Gasteiger partial charge in [0.15, 0.2) is 5.78 Å². The van der Waals surface area contributed by atoms with Gasteiger partial charge in [0.05, 0.1) is 12.7 Å². The molecule has 1 heterocycles. The summed E-state index contributed by atoms with van der Waals surface area (Å²) in [6.07, 6.45) is 15.4. The maximum Gasteiger partial charge on any atom is 0.190 e. The number of nitrogens with zero attached hydrogens (tertiary/aromatic N) is 1. The van der Waals surface area contributed by atoms with Crippen molar-refractivity contribution in [1.29, 1.82) is 0 Å². The van der Waals surface area contributed by atoms with E-state index in [1.54, 1.807) is 31.6 Å². The molecule has 3 nitrogen and oxygen atoms in total. The number of hydrogen-bond acceptors (Lipinski definition) is 3. The lowest BCUT2D eigenvalue weighted by Crippen LogP contribution is -2.45. The van der Waals surface area contributed by atoms with Gasteiger partial charge < -0.3 is 4.74 Å². The number of carbonyl (C=O) groups is 1. The fourth-order valence-electron chi connectivity index (χ4n) is 5.47. The molecule has 4 saturated carbocycles. The summed E-state index contributed by atoms with van der Waals surface area (Å²) >= 11 is 0. The molecule has 0 amide bonds. The Labute approximate surface area is 131 Å². The minimum atomic E-state index is 0.0145. The van der Waals surface area contributed by atoms with Crippen LogP contribution in [0.3, 0.4) is 0 Å². The van der Waals surface area contributed by atoms with Crippen LogP contribution in [-0.2, 0) is 0 Å². The highest BCUT2D eigenvalue weighted by Gasteiger charge is 2.49. The first-order chi connectivity index (χ1) is 10.7. The van der Waals surface area contributed by atoms with Crippen LogP contribution in [0.4, 0.5) is 0 Å². The van der Waals surface area contributed by atoms with Gasteiger partial charge in [-0.25, -0.2) is 0 Å². The monoisotopic (exact) mass is 297 g/mol. The second-order valence-electron chi connectivity index (χ2n) is 7.55. The lowest BCUT2D eigenvalue weighted by atomic mass is 9.49. The molecular formula is C19H23NO2. The summed E-state index contributed by atoms with van der Waals surface area (Å²) in [4.78, 5) is 16.6. The lowest BCUT2D eigenvalue weighted by Gasteiger charge is -2.55. The van der Waals surface area contributed by atoms with E-state index in [2.05, 4.69) is 11.1 Å². The summed E-state index contributed by atoms with van der Waals surface area (Å²) in [6.45, 7) is 0. The lowest BCUT2D eigenvalue weighted by molar-refractivity contribution is -0.0238. The van der Waals surface area contributed by atoms with E-state index in [9.17, 15) is 4.79 Å². The first-order valence-electron chi connectivity index (χ1n) is 8.39. The van der Waals surface area contributed by atoms with Crippen LogP contribution < -0.4 is 4.74 Å². The van der Waals surface area contributed by atoms with E-state index >= 15 is 0 Å². The highest BCUT2D eigenvalue weighted by molar-refractivity contribution is 6.06. The molecule has 4 aliphatic rings. The number of carbonyl (C=O) groups excluding carboxylic acids is 1. The maximum atomic E-state index is 12.5. The average Bonchev–Trinajstić information content (AvgIpc) is 2.51. The number of ether oxygens (including phenoxy) is 1. The van der Waals surface area contributed by atoms with E-state index in [0.717, 1.165) is 17.8 Å². The van der Waals surface area contributed by atoms with Crippen molar-refractivity contribution >= 4 is 5.78 Å². The minimum absolute atomic E-state index is 0.0145. The first-order valence-corrected chi connectivity index (χ1v) is 8.39. The van der Waals surface area contributed by atoms with E-state index in [1.807, 2.05) is 0 Å². The highest BCUT2D eigenvalue weighted by Crippen LogP contribution is 2.60. The van der Waals surface area contributed by atoms with E-state index in [4.69, 9.17) is 4.74 Å². The van der Waals surface area contributed by atoms with Crippen molar-refractivity contribution in [2.45, 2.75) is 38.5 Å². The number of methoxy groups -OCH3 is 1. The molecule has 0 aliphatic heterocycles. The van der Waals surface area contributed by atoms with Crippen molar-refractivity contribution in [3.05, 3.63) is 36.2 Å². The van der Waals surface area contributed by atoms with Crippen LogP contribution in [0.15, 0.2) is 30.6 Å². The number of ketones is 1. The Morgan fingerprint density at radius 3 is 2.45 bits per heavy atom. The Hall–Kier alpha value is -1.64. The maximum absolute atomic E-state index is 12.5. The second-order valence-corrected chi connectivity index (χ2v) is 7.55. The molecule has 0 atom stereocenters. The largest absolute Gasteiger partial charge is 0.496 e. The summed E-state index contributed by atoms with van der Waals surface area (Å²) < 4.78 is 5.27. The summed E-state index contributed by atoms with van der Waals surface area (Å²) in [5.41, 5.74) is 0.853. The van der Waals surface area contributed by atoms with Gasteiger partial charge >= 0.3 is 0 Å². The van der Waals surface area contributed by atoms with Crippen molar-refractivity contribution in [1.82, 2.24) is 4.98 Å². The normalized spacial score (nSPS) is 36.0. The third-order valence-corrected chi connectivity index (χ3v) is 5.94. The van der Waals surface area contributed by atoms with Crippen LogP contribution >= 0.6 is 0 Å². The SMILES string of the molecule is COc1ccncc1C(=O)C=CC12CC3CC(CC(C3)C1)C2.